The highest BCUT2D eigenvalue weighted by atomic mass is 16.5. The SMILES string of the molecule is O=C1CC(NCCC2CCCCO2)C(=O)N1. The van der Waals surface area contributed by atoms with Crippen molar-refractivity contribution in [2.45, 2.75) is 44.2 Å². The van der Waals surface area contributed by atoms with Crippen molar-refractivity contribution in [1.82, 2.24) is 10.6 Å². The molecule has 2 aliphatic rings. The summed E-state index contributed by atoms with van der Waals surface area (Å²) in [7, 11) is 0. The third-order valence-corrected chi connectivity index (χ3v) is 3.10. The van der Waals surface area contributed by atoms with Crippen LogP contribution in [0.5, 0.6) is 0 Å². The van der Waals surface area contributed by atoms with Crippen LogP contribution in [0.1, 0.15) is 32.1 Å². The minimum absolute atomic E-state index is 0.184. The zero-order valence-electron chi connectivity index (χ0n) is 9.33. The van der Waals surface area contributed by atoms with Gasteiger partial charge in [-0.2, -0.15) is 0 Å². The Balaban J connectivity index is 1.64. The normalized spacial score (nSPS) is 30.5. The molecule has 0 radical (unpaired) electrons. The highest BCUT2D eigenvalue weighted by Gasteiger charge is 2.29. The van der Waals surface area contributed by atoms with Crippen LogP contribution in [0.25, 0.3) is 0 Å². The highest BCUT2D eigenvalue weighted by Crippen LogP contribution is 2.15. The molecular weight excluding hydrogens is 208 g/mol. The quantitative estimate of drug-likeness (QED) is 0.660. The van der Waals surface area contributed by atoms with Gasteiger partial charge in [-0.1, -0.05) is 0 Å². The molecule has 90 valence electrons. The van der Waals surface area contributed by atoms with Crippen molar-refractivity contribution in [3.8, 4) is 0 Å². The fraction of sp³-hybridized carbons (Fsp3) is 0.818. The summed E-state index contributed by atoms with van der Waals surface area (Å²) in [6.45, 7) is 1.59. The van der Waals surface area contributed by atoms with Gasteiger partial charge in [0, 0.05) is 6.61 Å². The second-order valence-electron chi connectivity index (χ2n) is 4.40. The van der Waals surface area contributed by atoms with E-state index < -0.39 is 0 Å². The first-order chi connectivity index (χ1) is 7.75. The lowest BCUT2D eigenvalue weighted by molar-refractivity contribution is -0.125. The van der Waals surface area contributed by atoms with Crippen molar-refractivity contribution in [2.24, 2.45) is 0 Å². The molecule has 0 spiro atoms. The summed E-state index contributed by atoms with van der Waals surface area (Å²) >= 11 is 0. The maximum atomic E-state index is 11.2. The number of carbonyl (C=O) groups excluding carboxylic acids is 2. The van der Waals surface area contributed by atoms with E-state index in [1.807, 2.05) is 0 Å². The van der Waals surface area contributed by atoms with Crippen LogP contribution in [0.2, 0.25) is 0 Å². The van der Waals surface area contributed by atoms with Gasteiger partial charge in [-0.25, -0.2) is 0 Å². The minimum Gasteiger partial charge on any atom is -0.378 e. The fourth-order valence-electron chi connectivity index (χ4n) is 2.17. The molecule has 0 aromatic rings. The van der Waals surface area contributed by atoms with E-state index in [0.29, 0.717) is 6.10 Å². The smallest absolute Gasteiger partial charge is 0.244 e. The molecule has 0 saturated carbocycles. The number of nitrogens with one attached hydrogen (secondary N) is 2. The van der Waals surface area contributed by atoms with Crippen LogP contribution in [0.15, 0.2) is 0 Å². The maximum Gasteiger partial charge on any atom is 0.244 e. The zero-order chi connectivity index (χ0) is 11.4. The predicted molar refractivity (Wildman–Crippen MR) is 57.8 cm³/mol. The molecule has 2 rings (SSSR count). The van der Waals surface area contributed by atoms with Crippen LogP contribution >= 0.6 is 0 Å². The first-order valence-electron chi connectivity index (χ1n) is 5.94. The average Bonchev–Trinajstić information content (AvgIpc) is 2.59. The summed E-state index contributed by atoms with van der Waals surface area (Å²) in [6.07, 6.45) is 5.00. The molecule has 2 N–H and O–H groups in total. The average molecular weight is 226 g/mol. The molecular formula is C11H18N2O3. The van der Waals surface area contributed by atoms with Crippen molar-refractivity contribution in [1.29, 1.82) is 0 Å². The van der Waals surface area contributed by atoms with Crippen molar-refractivity contribution in [3.05, 3.63) is 0 Å². The summed E-state index contributed by atoms with van der Waals surface area (Å²) in [5.74, 6) is -0.383. The lowest BCUT2D eigenvalue weighted by Crippen LogP contribution is -2.38. The van der Waals surface area contributed by atoms with Gasteiger partial charge >= 0.3 is 0 Å². The van der Waals surface area contributed by atoms with Gasteiger partial charge < -0.3 is 10.1 Å². The Bertz CT molecular complexity index is 274. The van der Waals surface area contributed by atoms with Gasteiger partial charge in [0.15, 0.2) is 0 Å². The van der Waals surface area contributed by atoms with Crippen LogP contribution < -0.4 is 10.6 Å². The van der Waals surface area contributed by atoms with E-state index in [0.717, 1.165) is 32.4 Å². The summed E-state index contributed by atoms with van der Waals surface area (Å²) in [5.41, 5.74) is 0. The molecule has 0 aromatic heterocycles. The topological polar surface area (TPSA) is 67.4 Å². The molecule has 5 nitrogen and oxygen atoms in total. The first kappa shape index (κ1) is 11.5. The van der Waals surface area contributed by atoms with Gasteiger partial charge in [-0.3, -0.25) is 14.9 Å². The van der Waals surface area contributed by atoms with E-state index in [2.05, 4.69) is 10.6 Å². The monoisotopic (exact) mass is 226 g/mol. The van der Waals surface area contributed by atoms with Crippen molar-refractivity contribution < 1.29 is 14.3 Å². The number of carbonyl (C=O) groups is 2. The molecule has 2 aliphatic heterocycles. The Morgan fingerprint density at radius 1 is 1.38 bits per heavy atom. The molecule has 2 unspecified atom stereocenters. The van der Waals surface area contributed by atoms with Gasteiger partial charge in [0.1, 0.15) is 0 Å². The molecule has 5 heteroatoms. The highest BCUT2D eigenvalue weighted by molar-refractivity contribution is 6.05. The van der Waals surface area contributed by atoms with E-state index in [-0.39, 0.29) is 24.3 Å². The molecule has 2 heterocycles. The maximum absolute atomic E-state index is 11.2. The first-order valence-corrected chi connectivity index (χ1v) is 5.94. The van der Waals surface area contributed by atoms with Gasteiger partial charge in [0.2, 0.25) is 11.8 Å². The molecule has 0 aliphatic carbocycles. The van der Waals surface area contributed by atoms with Crippen LogP contribution in [0.3, 0.4) is 0 Å². The zero-order valence-corrected chi connectivity index (χ0v) is 9.33. The molecule has 0 aromatic carbocycles. The lowest BCUT2D eigenvalue weighted by atomic mass is 10.1. The van der Waals surface area contributed by atoms with Crippen molar-refractivity contribution in [3.63, 3.8) is 0 Å². The van der Waals surface area contributed by atoms with Crippen molar-refractivity contribution in [2.75, 3.05) is 13.2 Å². The Labute approximate surface area is 94.9 Å². The van der Waals surface area contributed by atoms with E-state index in [1.165, 1.54) is 6.42 Å². The third-order valence-electron chi connectivity index (χ3n) is 3.10. The van der Waals surface area contributed by atoms with Crippen LogP contribution in [0.4, 0.5) is 0 Å². The second kappa shape index (κ2) is 5.41. The minimum atomic E-state index is -0.337. The van der Waals surface area contributed by atoms with Crippen LogP contribution in [-0.4, -0.2) is 37.1 Å². The summed E-state index contributed by atoms with van der Waals surface area (Å²) in [6, 6.07) is -0.337. The number of rotatable bonds is 4. The van der Waals surface area contributed by atoms with Gasteiger partial charge in [-0.05, 0) is 32.2 Å². The largest absolute Gasteiger partial charge is 0.378 e. The van der Waals surface area contributed by atoms with E-state index in [4.69, 9.17) is 4.74 Å². The number of hydrogen-bond donors (Lipinski definition) is 2. The molecule has 2 fully saturated rings. The van der Waals surface area contributed by atoms with Gasteiger partial charge in [-0.15, -0.1) is 0 Å². The summed E-state index contributed by atoms with van der Waals surface area (Å²) < 4.78 is 5.58. The second-order valence-corrected chi connectivity index (χ2v) is 4.40. The number of hydrogen-bond acceptors (Lipinski definition) is 4. The molecule has 2 atom stereocenters. The fourth-order valence-corrected chi connectivity index (χ4v) is 2.17. The molecule has 0 bridgehead atoms. The van der Waals surface area contributed by atoms with E-state index >= 15 is 0 Å². The number of ether oxygens (including phenoxy) is 1. The molecule has 2 saturated heterocycles. The Morgan fingerprint density at radius 3 is 2.88 bits per heavy atom. The Hall–Kier alpha value is -0.940. The van der Waals surface area contributed by atoms with Crippen LogP contribution in [-0.2, 0) is 14.3 Å². The van der Waals surface area contributed by atoms with Crippen LogP contribution in [0, 0.1) is 0 Å². The Kier molecular flexibility index (Phi) is 3.90. The Morgan fingerprint density at radius 2 is 2.25 bits per heavy atom. The molecule has 2 amide bonds. The van der Waals surface area contributed by atoms with Crippen molar-refractivity contribution >= 4 is 11.8 Å². The third kappa shape index (κ3) is 3.02. The lowest BCUT2D eigenvalue weighted by Gasteiger charge is -2.23. The van der Waals surface area contributed by atoms with E-state index in [1.54, 1.807) is 0 Å². The number of imide groups is 1. The summed E-state index contributed by atoms with van der Waals surface area (Å²) in [4.78, 5) is 22.2. The van der Waals surface area contributed by atoms with Gasteiger partial charge in [0.25, 0.3) is 0 Å². The standard InChI is InChI=1S/C11H18N2O3/c14-10-7-9(11(15)13-10)12-5-4-8-3-1-2-6-16-8/h8-9,12H,1-7H2,(H,13,14,15). The van der Waals surface area contributed by atoms with Gasteiger partial charge in [0.05, 0.1) is 18.6 Å². The predicted octanol–water partition coefficient (Wildman–Crippen LogP) is -0.0497. The van der Waals surface area contributed by atoms with E-state index in [9.17, 15) is 9.59 Å². The number of amides is 2. The molecule has 16 heavy (non-hydrogen) atoms. The summed E-state index contributed by atoms with van der Waals surface area (Å²) in [5, 5.41) is 5.38.